The summed E-state index contributed by atoms with van der Waals surface area (Å²) < 4.78 is 0. The van der Waals surface area contributed by atoms with Crippen molar-refractivity contribution in [3.05, 3.63) is 29.3 Å². The van der Waals surface area contributed by atoms with Gasteiger partial charge >= 0.3 is 0 Å². The van der Waals surface area contributed by atoms with Crippen molar-refractivity contribution in [3.8, 4) is 0 Å². The molecule has 1 aliphatic rings. The number of H-pyrrole nitrogens is 2. The minimum atomic E-state index is -0.284. The van der Waals surface area contributed by atoms with Gasteiger partial charge in [0, 0.05) is 5.69 Å². The summed E-state index contributed by atoms with van der Waals surface area (Å²) in [5.74, 6) is 0.849. The van der Waals surface area contributed by atoms with Crippen LogP contribution in [-0.2, 0) is 12.8 Å². The Kier molecular flexibility index (Phi) is 4.04. The Morgan fingerprint density at radius 1 is 1.36 bits per heavy atom. The highest BCUT2D eigenvalue weighted by molar-refractivity contribution is 6.32. The highest BCUT2D eigenvalue weighted by Crippen LogP contribution is 2.28. The zero-order valence-corrected chi connectivity index (χ0v) is 12.2. The fraction of sp³-hybridized carbons (Fsp3) is 0.429. The topological polar surface area (TPSA) is 126 Å². The number of aromatic nitrogens is 3. The molecule has 0 aliphatic heterocycles. The van der Waals surface area contributed by atoms with Crippen molar-refractivity contribution in [2.24, 2.45) is 23.3 Å². The number of nitrogens with zero attached hydrogens (tertiary/aromatic N) is 1. The maximum Gasteiger partial charge on any atom is 0.274 e. The van der Waals surface area contributed by atoms with Crippen LogP contribution in [-0.4, -0.2) is 41.8 Å². The van der Waals surface area contributed by atoms with Crippen LogP contribution >= 0.6 is 0 Å². The molecular weight excluding hydrogens is 279 g/mol. The van der Waals surface area contributed by atoms with Crippen molar-refractivity contribution in [2.45, 2.75) is 12.8 Å². The molecule has 2 aromatic heterocycles. The molecule has 0 unspecified atom stereocenters. The van der Waals surface area contributed by atoms with E-state index in [9.17, 15) is 4.79 Å². The van der Waals surface area contributed by atoms with Gasteiger partial charge in [-0.05, 0) is 50.0 Å². The van der Waals surface area contributed by atoms with Crippen LogP contribution in [0.25, 0.3) is 0 Å². The van der Waals surface area contributed by atoms with Crippen LogP contribution < -0.4 is 22.2 Å². The van der Waals surface area contributed by atoms with Crippen LogP contribution in [0, 0.1) is 11.8 Å². The Morgan fingerprint density at radius 2 is 2.09 bits per heavy atom. The van der Waals surface area contributed by atoms with E-state index >= 15 is 0 Å². The average Bonchev–Trinajstić information content (AvgIpc) is 3.10. The number of aromatic amines is 2. The van der Waals surface area contributed by atoms with E-state index in [-0.39, 0.29) is 5.91 Å². The molecule has 0 saturated carbocycles. The third-order valence-electron chi connectivity index (χ3n) is 4.24. The quantitative estimate of drug-likeness (QED) is 0.466. The van der Waals surface area contributed by atoms with Crippen LogP contribution in [0.4, 0.5) is 5.95 Å². The summed E-state index contributed by atoms with van der Waals surface area (Å²) in [6.07, 6.45) is 3.17. The van der Waals surface area contributed by atoms with Gasteiger partial charge in [-0.15, -0.1) is 0 Å². The monoisotopic (exact) mass is 298 g/mol. The van der Waals surface area contributed by atoms with Gasteiger partial charge < -0.3 is 21.4 Å². The molecule has 7 N–H and O–H groups in total. The predicted molar refractivity (Wildman–Crippen MR) is 85.2 cm³/mol. The van der Waals surface area contributed by atoms with E-state index in [1.54, 1.807) is 12.3 Å². The van der Waals surface area contributed by atoms with Crippen LogP contribution in [0.5, 0.6) is 0 Å². The zero-order chi connectivity index (χ0) is 15.7. The Bertz CT molecular complexity index is 649. The van der Waals surface area contributed by atoms with Gasteiger partial charge in [-0.2, -0.15) is 0 Å². The maximum absolute atomic E-state index is 12.1. The molecule has 0 aromatic carbocycles. The molecule has 2 radical (unpaired) electrons. The van der Waals surface area contributed by atoms with Gasteiger partial charge in [-0.3, -0.25) is 10.1 Å². The third-order valence-corrected chi connectivity index (χ3v) is 4.24. The van der Waals surface area contributed by atoms with Crippen LogP contribution in [0.3, 0.4) is 0 Å². The first kappa shape index (κ1) is 14.9. The van der Waals surface area contributed by atoms with Crippen molar-refractivity contribution in [1.29, 1.82) is 0 Å². The number of carbonyl (C=O) groups is 1. The smallest absolute Gasteiger partial charge is 0.274 e. The number of imidazole rings is 1. The lowest BCUT2D eigenvalue weighted by molar-refractivity contribution is 0.102. The number of nitrogens with one attached hydrogen (secondary N) is 3. The lowest BCUT2D eigenvalue weighted by Gasteiger charge is -2.28. The molecule has 2 aromatic rings. The highest BCUT2D eigenvalue weighted by Gasteiger charge is 2.29. The number of nitrogens with two attached hydrogens (primary N) is 2. The van der Waals surface area contributed by atoms with Crippen molar-refractivity contribution < 1.29 is 4.79 Å². The Balaban J connectivity index is 1.75. The molecule has 0 bridgehead atoms. The van der Waals surface area contributed by atoms with Crippen molar-refractivity contribution >= 4 is 25.2 Å². The fourth-order valence-corrected chi connectivity index (χ4v) is 2.95. The number of hydrogen-bond acceptors (Lipinski definition) is 4. The molecule has 22 heavy (non-hydrogen) atoms. The van der Waals surface area contributed by atoms with Gasteiger partial charge in [-0.25, -0.2) is 4.98 Å². The third kappa shape index (κ3) is 2.79. The van der Waals surface area contributed by atoms with Gasteiger partial charge in [0.2, 0.25) is 5.95 Å². The number of rotatable bonds is 4. The maximum atomic E-state index is 12.1. The van der Waals surface area contributed by atoms with E-state index in [0.29, 0.717) is 42.0 Å². The number of anilines is 1. The molecule has 0 fully saturated rings. The van der Waals surface area contributed by atoms with E-state index in [1.165, 1.54) is 0 Å². The van der Waals surface area contributed by atoms with Gasteiger partial charge in [-0.1, -0.05) is 5.46 Å². The van der Waals surface area contributed by atoms with E-state index in [4.69, 9.17) is 19.3 Å². The van der Waals surface area contributed by atoms with Gasteiger partial charge in [0.1, 0.15) is 13.5 Å². The number of hydrogen-bond donors (Lipinski definition) is 5. The Labute approximate surface area is 129 Å². The van der Waals surface area contributed by atoms with Gasteiger partial charge in [0.05, 0.1) is 5.69 Å². The molecule has 0 spiro atoms. The molecule has 2 heterocycles. The standard InChI is InChI=1S/C14H19BN6O/c15-9-3-12(18-6-9)13(22)21-14-19-10-1-7(4-16)8(5-17)2-11(10)20-14/h3,6-8,18H,1-2,4-5,16-17H2,(H2,19,20,21,22)/t7-,8-/m1/s1. The normalized spacial score (nSPS) is 20.6. The van der Waals surface area contributed by atoms with E-state index < -0.39 is 0 Å². The predicted octanol–water partition coefficient (Wildman–Crippen LogP) is -0.968. The summed E-state index contributed by atoms with van der Waals surface area (Å²) in [7, 11) is 5.59. The summed E-state index contributed by atoms with van der Waals surface area (Å²) in [6, 6.07) is 1.58. The zero-order valence-electron chi connectivity index (χ0n) is 12.2. The average molecular weight is 298 g/mol. The Morgan fingerprint density at radius 3 is 2.73 bits per heavy atom. The fourth-order valence-electron chi connectivity index (χ4n) is 2.95. The van der Waals surface area contributed by atoms with Crippen molar-refractivity contribution in [2.75, 3.05) is 18.4 Å². The van der Waals surface area contributed by atoms with Gasteiger partial charge in [0.25, 0.3) is 5.91 Å². The highest BCUT2D eigenvalue weighted by atomic mass is 16.2. The second kappa shape index (κ2) is 5.98. The van der Waals surface area contributed by atoms with Crippen LogP contribution in [0.1, 0.15) is 21.9 Å². The minimum Gasteiger partial charge on any atom is -0.358 e. The first-order valence-electron chi connectivity index (χ1n) is 7.33. The lowest BCUT2D eigenvalue weighted by Crippen LogP contribution is -2.35. The van der Waals surface area contributed by atoms with E-state index in [2.05, 4.69) is 20.3 Å². The second-order valence-electron chi connectivity index (χ2n) is 5.71. The SMILES string of the molecule is [B]c1c[nH]c(C(=O)Nc2nc3c([nH]2)C[C@H](CN)[C@@H](CN)C3)c1. The Hall–Kier alpha value is -2.06. The summed E-state index contributed by atoms with van der Waals surface area (Å²) >= 11 is 0. The molecule has 2 atom stereocenters. The molecule has 1 amide bonds. The number of amides is 1. The molecule has 0 saturated heterocycles. The first-order valence-corrected chi connectivity index (χ1v) is 7.33. The second-order valence-corrected chi connectivity index (χ2v) is 5.71. The number of fused-ring (bicyclic) bond motifs is 1. The van der Waals surface area contributed by atoms with Gasteiger partial charge in [0.15, 0.2) is 0 Å². The molecule has 3 rings (SSSR count). The largest absolute Gasteiger partial charge is 0.358 e. The van der Waals surface area contributed by atoms with Crippen LogP contribution in [0.15, 0.2) is 12.3 Å². The van der Waals surface area contributed by atoms with Crippen molar-refractivity contribution in [1.82, 2.24) is 15.0 Å². The number of carbonyl (C=O) groups excluding carboxylic acids is 1. The molecular formula is C14H19BN6O. The molecule has 7 nitrogen and oxygen atoms in total. The summed E-state index contributed by atoms with van der Waals surface area (Å²) in [4.78, 5) is 22.5. The lowest BCUT2D eigenvalue weighted by atomic mass is 9.80. The molecule has 114 valence electrons. The minimum absolute atomic E-state index is 0.284. The first-order chi connectivity index (χ1) is 10.6. The molecule has 1 aliphatic carbocycles. The molecule has 8 heteroatoms. The summed E-state index contributed by atoms with van der Waals surface area (Å²) in [6.45, 7) is 1.20. The van der Waals surface area contributed by atoms with E-state index in [0.717, 1.165) is 24.2 Å². The summed E-state index contributed by atoms with van der Waals surface area (Å²) in [5.41, 5.74) is 14.5. The van der Waals surface area contributed by atoms with E-state index in [1.807, 2.05) is 0 Å². The van der Waals surface area contributed by atoms with Crippen LogP contribution in [0.2, 0.25) is 0 Å². The summed E-state index contributed by atoms with van der Waals surface area (Å²) in [5, 5.41) is 2.74. The van der Waals surface area contributed by atoms with Crippen molar-refractivity contribution in [3.63, 3.8) is 0 Å².